The number of carbonyl (C=O) groups is 3. The van der Waals surface area contributed by atoms with Crippen LogP contribution >= 0.6 is 0 Å². The average Bonchev–Trinajstić information content (AvgIpc) is 3.07. The normalized spacial score (nSPS) is 42.8. The van der Waals surface area contributed by atoms with Crippen molar-refractivity contribution in [3.8, 4) is 0 Å². The fourth-order valence-electron chi connectivity index (χ4n) is 15.8. The van der Waals surface area contributed by atoms with Crippen molar-refractivity contribution in [1.29, 1.82) is 0 Å². The van der Waals surface area contributed by atoms with E-state index in [1.165, 1.54) is 116 Å². The molecule has 52 heavy (non-hydrogen) atoms. The molecule has 290 valence electrons. The molecule has 0 radical (unpaired) electrons. The summed E-state index contributed by atoms with van der Waals surface area (Å²) < 4.78 is 0. The van der Waals surface area contributed by atoms with Crippen LogP contribution in [0.25, 0.3) is 0 Å². The molecule has 0 spiro atoms. The van der Waals surface area contributed by atoms with Crippen molar-refractivity contribution in [1.82, 2.24) is 36.8 Å². The zero-order chi connectivity index (χ0) is 35.3. The smallest absolute Gasteiger partial charge is 0.314 e. The number of carbonyl (C=O) groups excluding carboxylic acids is 3. The maximum Gasteiger partial charge on any atom is 0.314 e. The first kappa shape index (κ1) is 35.5. The molecule has 12 rings (SSSR count). The van der Waals surface area contributed by atoms with Crippen molar-refractivity contribution in [3.63, 3.8) is 0 Å². The van der Waals surface area contributed by atoms with Gasteiger partial charge < -0.3 is 31.9 Å². The highest BCUT2D eigenvalue weighted by Crippen LogP contribution is 2.61. The molecule has 12 fully saturated rings. The third kappa shape index (κ3) is 7.93. The molecule has 10 nitrogen and oxygen atoms in total. The highest BCUT2D eigenvalue weighted by molar-refractivity contribution is 5.74. The molecule has 0 aliphatic heterocycles. The molecule has 6 amide bonds. The second kappa shape index (κ2) is 14.4. The van der Waals surface area contributed by atoms with E-state index in [-0.39, 0.29) is 18.1 Å². The number of nitrogens with zero attached hydrogens (tertiary/aromatic N) is 1. The van der Waals surface area contributed by atoms with Crippen molar-refractivity contribution in [3.05, 3.63) is 0 Å². The Morgan fingerprint density at radius 3 is 0.788 bits per heavy atom. The summed E-state index contributed by atoms with van der Waals surface area (Å²) in [5, 5.41) is 19.1. The van der Waals surface area contributed by atoms with E-state index in [1.807, 2.05) is 0 Å². The minimum Gasteiger partial charge on any atom is -0.338 e. The number of hydrogen-bond donors (Lipinski definition) is 6. The van der Waals surface area contributed by atoms with E-state index in [4.69, 9.17) is 0 Å². The number of hydrogen-bond acceptors (Lipinski definition) is 4. The average molecular weight is 720 g/mol. The molecule has 0 saturated heterocycles. The number of nitrogens with one attached hydrogen (secondary N) is 6. The van der Waals surface area contributed by atoms with E-state index in [0.29, 0.717) is 55.5 Å². The molecule has 12 aliphatic carbocycles. The van der Waals surface area contributed by atoms with Gasteiger partial charge in [-0.2, -0.15) is 0 Å². The molecule has 0 aromatic rings. The molecule has 0 heterocycles. The maximum absolute atomic E-state index is 13.0. The standard InChI is InChI=1S/C42H69N7O3/c50-37(46-25-40-16-28-7-29(17-40)9-30(8-28)18-40)43-1-4-49(5-2-44-38(51)47-26-41-19-31-10-32(20-41)12-33(11-31)21-41)6-3-45-39(52)48-27-42-22-34-13-35(23-42)15-36(14-34)24-42/h28-36H,1-27H2,(H2,43,46,50)(H2,44,47,51)(H2,45,48,52). The zero-order valence-electron chi connectivity index (χ0n) is 32.0. The largest absolute Gasteiger partial charge is 0.338 e. The van der Waals surface area contributed by atoms with E-state index in [1.54, 1.807) is 0 Å². The van der Waals surface area contributed by atoms with Gasteiger partial charge in [0.2, 0.25) is 0 Å². The van der Waals surface area contributed by atoms with Crippen LogP contribution in [0.2, 0.25) is 0 Å². The van der Waals surface area contributed by atoms with Crippen LogP contribution in [0.3, 0.4) is 0 Å². The van der Waals surface area contributed by atoms with E-state index >= 15 is 0 Å². The van der Waals surface area contributed by atoms with Gasteiger partial charge in [0.15, 0.2) is 0 Å². The van der Waals surface area contributed by atoms with Gasteiger partial charge in [-0.15, -0.1) is 0 Å². The second-order valence-corrected chi connectivity index (χ2v) is 20.9. The lowest BCUT2D eigenvalue weighted by Crippen LogP contribution is -2.53. The van der Waals surface area contributed by atoms with Crippen molar-refractivity contribution in [2.75, 3.05) is 58.9 Å². The van der Waals surface area contributed by atoms with Gasteiger partial charge in [-0.25, -0.2) is 14.4 Å². The van der Waals surface area contributed by atoms with Gasteiger partial charge in [0, 0.05) is 58.9 Å². The molecule has 12 saturated carbocycles. The summed E-state index contributed by atoms with van der Waals surface area (Å²) in [6, 6.07) is -0.208. The number of amides is 6. The minimum atomic E-state index is -0.0694. The summed E-state index contributed by atoms with van der Waals surface area (Å²) >= 11 is 0. The van der Waals surface area contributed by atoms with Gasteiger partial charge in [-0.3, -0.25) is 4.90 Å². The molecular weight excluding hydrogens is 651 g/mol. The van der Waals surface area contributed by atoms with Crippen molar-refractivity contribution in [2.45, 2.75) is 116 Å². The van der Waals surface area contributed by atoms with Crippen LogP contribution in [0.5, 0.6) is 0 Å². The lowest BCUT2D eigenvalue weighted by atomic mass is 9.49. The summed E-state index contributed by atoms with van der Waals surface area (Å²) in [6.07, 6.45) is 24.4. The quantitative estimate of drug-likeness (QED) is 0.127. The Morgan fingerprint density at radius 1 is 0.365 bits per heavy atom. The highest BCUT2D eigenvalue weighted by Gasteiger charge is 2.53. The summed E-state index contributed by atoms with van der Waals surface area (Å²) in [7, 11) is 0. The van der Waals surface area contributed by atoms with Crippen LogP contribution in [-0.2, 0) is 0 Å². The Hall–Kier alpha value is -2.23. The van der Waals surface area contributed by atoms with Gasteiger partial charge in [0.25, 0.3) is 0 Å². The second-order valence-electron chi connectivity index (χ2n) is 20.9. The highest BCUT2D eigenvalue weighted by atomic mass is 16.2. The molecule has 10 heteroatoms. The lowest BCUT2D eigenvalue weighted by molar-refractivity contribution is -0.0499. The summed E-state index contributed by atoms with van der Waals surface area (Å²) in [4.78, 5) is 41.1. The first-order chi connectivity index (χ1) is 25.2. The maximum atomic E-state index is 13.0. The SMILES string of the molecule is O=C(NCCN(CCNC(=O)NCC12CC3CC(CC(C3)C1)C2)CCNC(=O)NCC12CC3CC(CC(C3)C1)C2)NCC12CC3CC(CC(C3)C1)C2. The van der Waals surface area contributed by atoms with E-state index in [9.17, 15) is 14.4 Å². The predicted molar refractivity (Wildman–Crippen MR) is 202 cm³/mol. The van der Waals surface area contributed by atoms with Crippen LogP contribution in [0, 0.1) is 69.5 Å². The van der Waals surface area contributed by atoms with Gasteiger partial charge in [-0.1, -0.05) is 0 Å². The first-order valence-electron chi connectivity index (χ1n) is 21.9. The molecule has 12 bridgehead atoms. The van der Waals surface area contributed by atoms with Gasteiger partial charge in [0.1, 0.15) is 0 Å². The zero-order valence-corrected chi connectivity index (χ0v) is 32.0. The fourth-order valence-corrected chi connectivity index (χ4v) is 15.8. The number of rotatable bonds is 15. The Morgan fingerprint density at radius 2 is 0.577 bits per heavy atom. The van der Waals surface area contributed by atoms with Crippen molar-refractivity contribution in [2.24, 2.45) is 69.5 Å². The summed E-state index contributed by atoms with van der Waals surface area (Å²) in [6.45, 7) is 5.99. The summed E-state index contributed by atoms with van der Waals surface area (Å²) in [5.41, 5.74) is 0.964. The van der Waals surface area contributed by atoms with E-state index in [0.717, 1.165) is 72.9 Å². The Bertz CT molecular complexity index is 1070. The van der Waals surface area contributed by atoms with Crippen LogP contribution in [0.15, 0.2) is 0 Å². The van der Waals surface area contributed by atoms with Gasteiger partial charge >= 0.3 is 18.1 Å². The van der Waals surface area contributed by atoms with Crippen LogP contribution in [0.4, 0.5) is 14.4 Å². The number of urea groups is 3. The topological polar surface area (TPSA) is 127 Å². The van der Waals surface area contributed by atoms with E-state index in [2.05, 4.69) is 36.8 Å². The van der Waals surface area contributed by atoms with Crippen LogP contribution in [-0.4, -0.2) is 81.9 Å². The molecule has 6 N–H and O–H groups in total. The molecular formula is C42H69N7O3. The van der Waals surface area contributed by atoms with Crippen molar-refractivity contribution >= 4 is 18.1 Å². The Labute approximate surface area is 312 Å². The lowest BCUT2D eigenvalue weighted by Gasteiger charge is -2.56. The first-order valence-corrected chi connectivity index (χ1v) is 21.9. The minimum absolute atomic E-state index is 0.0694. The molecule has 0 atom stereocenters. The predicted octanol–water partition coefficient (Wildman–Crippen LogP) is 5.84. The Kier molecular flexibility index (Phi) is 9.85. The van der Waals surface area contributed by atoms with Gasteiger partial charge in [0.05, 0.1) is 0 Å². The van der Waals surface area contributed by atoms with E-state index < -0.39 is 0 Å². The van der Waals surface area contributed by atoms with Gasteiger partial charge in [-0.05, 0) is 185 Å². The monoisotopic (exact) mass is 720 g/mol. The van der Waals surface area contributed by atoms with Crippen molar-refractivity contribution < 1.29 is 14.4 Å². The molecule has 0 unspecified atom stereocenters. The fraction of sp³-hybridized carbons (Fsp3) is 0.929. The molecule has 0 aromatic heterocycles. The Balaban J connectivity index is 0.715. The molecule has 0 aromatic carbocycles. The van der Waals surface area contributed by atoms with Crippen LogP contribution < -0.4 is 31.9 Å². The summed E-state index contributed by atoms with van der Waals surface area (Å²) in [5.74, 6) is 7.92. The third-order valence-corrected chi connectivity index (χ3v) is 16.5. The third-order valence-electron chi connectivity index (χ3n) is 16.5. The molecule has 12 aliphatic rings. The van der Waals surface area contributed by atoms with Crippen LogP contribution in [0.1, 0.15) is 116 Å².